The molecule has 0 unspecified atom stereocenters. The molecule has 0 spiro atoms. The quantitative estimate of drug-likeness (QED) is 0.0278. The van der Waals surface area contributed by atoms with Gasteiger partial charge < -0.3 is 14.0 Å². The van der Waals surface area contributed by atoms with Gasteiger partial charge in [0.2, 0.25) is 0 Å². The minimum Gasteiger partial charge on any atom is -0.744 e. The average Bonchev–Trinajstić information content (AvgIpc) is 3.04. The summed E-state index contributed by atoms with van der Waals surface area (Å²) in [6, 6.07) is 3.59. The van der Waals surface area contributed by atoms with E-state index in [0.29, 0.717) is 12.8 Å². The molecule has 0 heterocycles. The van der Waals surface area contributed by atoms with Crippen LogP contribution in [0, 0.1) is 0 Å². The standard InChI is InChI=1S/C38H62O7S.K/c1-3-5-7-9-11-13-15-17-19-21-23-25-27-32-44-37(39)34-30-29-31-35(46(41,42)43)36(34)38(40)45-33-28-26-24-22-20-18-16-14-12-10-8-6-4-2;/h9-12,29-31H,3-8,13-28,32-33H2,1-2H3,(H,41,42,43);/q;+1/p-1/b11-9+,12-10+;. The van der Waals surface area contributed by atoms with E-state index >= 15 is 0 Å². The summed E-state index contributed by atoms with van der Waals surface area (Å²) in [6.45, 7) is 4.64. The second kappa shape index (κ2) is 31.2. The van der Waals surface area contributed by atoms with Crippen LogP contribution in [0.25, 0.3) is 0 Å². The average molecular weight is 701 g/mol. The zero-order valence-corrected chi connectivity index (χ0v) is 33.7. The molecule has 0 radical (unpaired) electrons. The van der Waals surface area contributed by atoms with Crippen molar-refractivity contribution in [1.29, 1.82) is 0 Å². The maximum Gasteiger partial charge on any atom is 1.00 e. The van der Waals surface area contributed by atoms with Crippen molar-refractivity contribution in [1.82, 2.24) is 0 Å². The summed E-state index contributed by atoms with van der Waals surface area (Å²) in [5.41, 5.74) is -0.794. The van der Waals surface area contributed by atoms with Crippen molar-refractivity contribution in [2.75, 3.05) is 13.2 Å². The molecule has 9 heteroatoms. The first-order valence-electron chi connectivity index (χ1n) is 18.1. The van der Waals surface area contributed by atoms with Crippen LogP contribution in [0.2, 0.25) is 0 Å². The molecular weight excluding hydrogens is 640 g/mol. The summed E-state index contributed by atoms with van der Waals surface area (Å²) >= 11 is 0. The van der Waals surface area contributed by atoms with Gasteiger partial charge in [-0.25, -0.2) is 18.0 Å². The molecule has 7 nitrogen and oxygen atoms in total. The number of esters is 2. The van der Waals surface area contributed by atoms with Crippen LogP contribution in [-0.4, -0.2) is 38.1 Å². The van der Waals surface area contributed by atoms with E-state index in [-0.39, 0.29) is 70.2 Å². The Morgan fingerprint density at radius 1 is 0.596 bits per heavy atom. The second-order valence-corrected chi connectivity index (χ2v) is 13.5. The molecule has 262 valence electrons. The van der Waals surface area contributed by atoms with Crippen molar-refractivity contribution in [2.45, 2.75) is 160 Å². The molecule has 1 rings (SSSR count). The number of rotatable bonds is 29. The summed E-state index contributed by atoms with van der Waals surface area (Å²) in [7, 11) is -5.01. The topological polar surface area (TPSA) is 110 Å². The molecule has 0 fully saturated rings. The van der Waals surface area contributed by atoms with Gasteiger partial charge in [-0.2, -0.15) is 0 Å². The molecule has 0 saturated heterocycles. The Hall–Kier alpha value is -0.814. The molecule has 0 aliphatic carbocycles. The molecule has 0 saturated carbocycles. The molecule has 1 aromatic rings. The number of benzene rings is 1. The van der Waals surface area contributed by atoms with Gasteiger partial charge in [0.25, 0.3) is 0 Å². The largest absolute Gasteiger partial charge is 1.00 e. The fraction of sp³-hybridized carbons (Fsp3) is 0.684. The molecule has 0 aromatic heterocycles. The minimum atomic E-state index is -5.01. The summed E-state index contributed by atoms with van der Waals surface area (Å²) in [5, 5.41) is 0. The molecular formula is C38H61KO7S. The van der Waals surface area contributed by atoms with E-state index in [1.807, 2.05) is 0 Å². The molecule has 47 heavy (non-hydrogen) atoms. The maximum atomic E-state index is 12.9. The van der Waals surface area contributed by atoms with E-state index in [2.05, 4.69) is 38.2 Å². The van der Waals surface area contributed by atoms with Gasteiger partial charge in [0, 0.05) is 0 Å². The molecule has 0 aliphatic heterocycles. The van der Waals surface area contributed by atoms with Crippen LogP contribution in [0.15, 0.2) is 47.4 Å². The molecule has 0 atom stereocenters. The third kappa shape index (κ3) is 24.1. The van der Waals surface area contributed by atoms with Gasteiger partial charge >= 0.3 is 63.3 Å². The Bertz CT molecular complexity index is 1120. The van der Waals surface area contributed by atoms with Crippen LogP contribution in [0.4, 0.5) is 0 Å². The van der Waals surface area contributed by atoms with E-state index in [1.165, 1.54) is 89.2 Å². The Morgan fingerprint density at radius 2 is 0.979 bits per heavy atom. The SMILES string of the molecule is CCCC/C=C/CCCCCCCCCOC(=O)c1cccc(S(=O)(=O)[O-])c1C(=O)OCCCCCCCCC/C=C/CCCC.[K+]. The third-order valence-electron chi connectivity index (χ3n) is 8.00. The van der Waals surface area contributed by atoms with Crippen LogP contribution in [0.3, 0.4) is 0 Å². The number of hydrogen-bond acceptors (Lipinski definition) is 7. The fourth-order valence-electron chi connectivity index (χ4n) is 5.21. The number of carbonyl (C=O) groups is 2. The molecule has 1 aromatic carbocycles. The van der Waals surface area contributed by atoms with Crippen LogP contribution in [-0.2, 0) is 19.6 Å². The smallest absolute Gasteiger partial charge is 0.744 e. The van der Waals surface area contributed by atoms with Gasteiger partial charge in [0.1, 0.15) is 10.1 Å². The number of hydrogen-bond donors (Lipinski definition) is 0. The number of allylic oxidation sites excluding steroid dienone is 4. The van der Waals surface area contributed by atoms with Crippen LogP contribution in [0.1, 0.15) is 176 Å². The zero-order chi connectivity index (χ0) is 33.7. The van der Waals surface area contributed by atoms with E-state index in [0.717, 1.165) is 57.4 Å². The first-order valence-corrected chi connectivity index (χ1v) is 19.5. The van der Waals surface area contributed by atoms with Gasteiger partial charge in [-0.15, -0.1) is 0 Å². The Labute approximate surface area is 329 Å². The first kappa shape index (κ1) is 46.2. The molecule has 0 aliphatic rings. The summed E-state index contributed by atoms with van der Waals surface area (Å²) in [6.07, 6.45) is 33.3. The van der Waals surface area contributed by atoms with Gasteiger partial charge in [-0.1, -0.05) is 134 Å². The van der Waals surface area contributed by atoms with Crippen LogP contribution in [0.5, 0.6) is 0 Å². The monoisotopic (exact) mass is 700 g/mol. The van der Waals surface area contributed by atoms with E-state index in [1.54, 1.807) is 0 Å². The van der Waals surface area contributed by atoms with Crippen molar-refractivity contribution >= 4 is 22.1 Å². The van der Waals surface area contributed by atoms with E-state index in [4.69, 9.17) is 9.47 Å². The molecule has 0 amide bonds. The minimum absolute atomic E-state index is 0. The fourth-order valence-corrected chi connectivity index (χ4v) is 5.90. The van der Waals surface area contributed by atoms with Gasteiger partial charge in [0.05, 0.1) is 29.2 Å². The van der Waals surface area contributed by atoms with Crippen molar-refractivity contribution in [3.05, 3.63) is 53.6 Å². The van der Waals surface area contributed by atoms with E-state index in [9.17, 15) is 22.6 Å². The van der Waals surface area contributed by atoms with Crippen molar-refractivity contribution in [3.63, 3.8) is 0 Å². The summed E-state index contributed by atoms with van der Waals surface area (Å²) in [4.78, 5) is 25.0. The zero-order valence-electron chi connectivity index (χ0n) is 29.8. The van der Waals surface area contributed by atoms with Gasteiger partial charge in [-0.05, 0) is 63.5 Å². The predicted octanol–water partition coefficient (Wildman–Crippen LogP) is 7.64. The second-order valence-electron chi connectivity index (χ2n) is 12.2. The third-order valence-corrected chi connectivity index (χ3v) is 8.88. The predicted molar refractivity (Wildman–Crippen MR) is 186 cm³/mol. The van der Waals surface area contributed by atoms with Crippen LogP contribution < -0.4 is 51.4 Å². The Morgan fingerprint density at radius 3 is 1.40 bits per heavy atom. The van der Waals surface area contributed by atoms with E-state index < -0.39 is 32.5 Å². The normalized spacial score (nSPS) is 11.6. The van der Waals surface area contributed by atoms with Gasteiger partial charge in [0.15, 0.2) is 0 Å². The van der Waals surface area contributed by atoms with Crippen LogP contribution >= 0.6 is 0 Å². The number of unbranched alkanes of at least 4 members (excludes halogenated alkanes) is 18. The summed E-state index contributed by atoms with van der Waals surface area (Å²) < 4.78 is 46.4. The molecule has 0 N–H and O–H groups in total. The van der Waals surface area contributed by atoms with Crippen molar-refractivity contribution in [2.24, 2.45) is 0 Å². The number of carbonyl (C=O) groups excluding carboxylic acids is 2. The summed E-state index contributed by atoms with van der Waals surface area (Å²) in [5.74, 6) is -1.83. The van der Waals surface area contributed by atoms with Crippen molar-refractivity contribution in [3.8, 4) is 0 Å². The number of ether oxygens (including phenoxy) is 2. The maximum absolute atomic E-state index is 12.9. The molecule has 0 bridgehead atoms. The van der Waals surface area contributed by atoms with Gasteiger partial charge in [-0.3, -0.25) is 0 Å². The van der Waals surface area contributed by atoms with Crippen molar-refractivity contribution < 1.29 is 83.4 Å². The first-order chi connectivity index (χ1) is 22.3. The Kier molecular flexibility index (Phi) is 30.6. The Balaban J connectivity index is 0.0000212.